The molecule has 6 N–H and O–H groups in total. The summed E-state index contributed by atoms with van der Waals surface area (Å²) in [6.07, 6.45) is 7.35. The summed E-state index contributed by atoms with van der Waals surface area (Å²) >= 11 is 0. The van der Waals surface area contributed by atoms with Crippen molar-refractivity contribution in [1.82, 2.24) is 15.5 Å². The number of amides is 2. The van der Waals surface area contributed by atoms with E-state index < -0.39 is 0 Å². The largest absolute Gasteiger partial charge is 0.370 e. The van der Waals surface area contributed by atoms with Crippen molar-refractivity contribution in [2.45, 2.75) is 62.9 Å². The van der Waals surface area contributed by atoms with E-state index >= 15 is 0 Å². The molecule has 0 radical (unpaired) electrons. The first kappa shape index (κ1) is 28.4. The molecule has 228 valence electrons. The Morgan fingerprint density at radius 1 is 1.02 bits per heavy atom. The van der Waals surface area contributed by atoms with Gasteiger partial charge in [0.1, 0.15) is 0 Å². The third-order valence-electron chi connectivity index (χ3n) is 11.8. The van der Waals surface area contributed by atoms with Gasteiger partial charge in [-0.2, -0.15) is 0 Å². The molecule has 5 fully saturated rings. The van der Waals surface area contributed by atoms with Gasteiger partial charge in [-0.05, 0) is 85.2 Å². The number of hydrogen-bond acceptors (Lipinski definition) is 4. The third-order valence-corrected chi connectivity index (χ3v) is 11.8. The van der Waals surface area contributed by atoms with Crippen LogP contribution in [0.4, 0.5) is 0 Å². The number of fused-ring (bicyclic) bond motifs is 1. The second kappa shape index (κ2) is 11.6. The van der Waals surface area contributed by atoms with Gasteiger partial charge in [-0.1, -0.05) is 60.7 Å². The van der Waals surface area contributed by atoms with Crippen molar-refractivity contribution in [3.8, 4) is 0 Å². The van der Waals surface area contributed by atoms with Crippen LogP contribution < -0.4 is 22.1 Å². The molecule has 8 nitrogen and oxygen atoms in total. The molecule has 8 heteroatoms. The van der Waals surface area contributed by atoms with Gasteiger partial charge in [0.2, 0.25) is 11.8 Å². The Balaban J connectivity index is 1.04. The normalized spacial score (nSPS) is 33.7. The van der Waals surface area contributed by atoms with Crippen LogP contribution in [0.3, 0.4) is 0 Å². The van der Waals surface area contributed by atoms with E-state index in [1.165, 1.54) is 36.8 Å². The van der Waals surface area contributed by atoms with Gasteiger partial charge in [0.05, 0.1) is 6.04 Å². The molecule has 0 aromatic heterocycles. The van der Waals surface area contributed by atoms with Crippen LogP contribution in [0.2, 0.25) is 0 Å². The Kier molecular flexibility index (Phi) is 7.66. The molecule has 43 heavy (non-hydrogen) atoms. The minimum atomic E-state index is -0.352. The number of rotatable bonds is 11. The smallest absolute Gasteiger partial charge is 0.239 e. The van der Waals surface area contributed by atoms with E-state index in [9.17, 15) is 9.59 Å². The van der Waals surface area contributed by atoms with Gasteiger partial charge >= 0.3 is 0 Å². The van der Waals surface area contributed by atoms with Crippen molar-refractivity contribution in [2.75, 3.05) is 26.2 Å². The fraction of sp³-hybridized carbons (Fsp3) is 0.571. The van der Waals surface area contributed by atoms with E-state index in [-0.39, 0.29) is 41.7 Å². The summed E-state index contributed by atoms with van der Waals surface area (Å²) in [6, 6.07) is 20.6. The summed E-state index contributed by atoms with van der Waals surface area (Å²) < 4.78 is 0. The molecule has 2 bridgehead atoms. The van der Waals surface area contributed by atoms with Crippen molar-refractivity contribution in [3.63, 3.8) is 0 Å². The van der Waals surface area contributed by atoms with Gasteiger partial charge in [0.15, 0.2) is 5.96 Å². The lowest BCUT2D eigenvalue weighted by molar-refractivity contribution is -0.194. The van der Waals surface area contributed by atoms with E-state index in [0.717, 1.165) is 18.3 Å². The number of hydrogen-bond donors (Lipinski definition) is 4. The molecule has 5 unspecified atom stereocenters. The highest BCUT2D eigenvalue weighted by atomic mass is 16.2. The standard InChI is InChI=1S/C35H46N6O2/c36-34(37)38-14-7-12-30-33(43)41(21-28(22-8-3-1-4-9-22)23-10-5-2-6-11-23)15-13-27(40-30)20-39-32(42)31-24-16-25-17-26-18-29(31)35(25,26)19-24/h1-6,8-11,24-31,40H,7,12-21H2,(H,39,42)(H4,36,37,38)/t24-,25?,26?,27+,29?,30+,31?,35?/m1/s1. The minimum Gasteiger partial charge on any atom is -0.370 e. The van der Waals surface area contributed by atoms with E-state index in [2.05, 4.69) is 64.2 Å². The van der Waals surface area contributed by atoms with E-state index in [0.29, 0.717) is 56.3 Å². The first-order valence-corrected chi connectivity index (χ1v) is 16.4. The predicted molar refractivity (Wildman–Crippen MR) is 168 cm³/mol. The van der Waals surface area contributed by atoms with Gasteiger partial charge in [-0.3, -0.25) is 14.6 Å². The summed E-state index contributed by atoms with van der Waals surface area (Å²) in [5.41, 5.74) is 14.0. The van der Waals surface area contributed by atoms with E-state index in [1.54, 1.807) is 0 Å². The lowest BCUT2D eigenvalue weighted by Crippen LogP contribution is -2.63. The molecular weight excluding hydrogens is 536 g/mol. The van der Waals surface area contributed by atoms with Crippen molar-refractivity contribution in [1.29, 1.82) is 0 Å². The van der Waals surface area contributed by atoms with Crippen LogP contribution in [0, 0.1) is 35.0 Å². The summed E-state index contributed by atoms with van der Waals surface area (Å²) in [4.78, 5) is 33.8. The highest BCUT2D eigenvalue weighted by Gasteiger charge is 2.77. The van der Waals surface area contributed by atoms with Crippen LogP contribution in [0.15, 0.2) is 65.7 Å². The zero-order chi connectivity index (χ0) is 29.6. The molecule has 2 aromatic carbocycles. The Morgan fingerprint density at radius 2 is 1.72 bits per heavy atom. The molecule has 1 aliphatic heterocycles. The van der Waals surface area contributed by atoms with Crippen molar-refractivity contribution in [3.05, 3.63) is 71.8 Å². The van der Waals surface area contributed by atoms with Crippen molar-refractivity contribution < 1.29 is 9.59 Å². The van der Waals surface area contributed by atoms with E-state index in [4.69, 9.17) is 11.5 Å². The quantitative estimate of drug-likeness (QED) is 0.184. The molecule has 1 saturated heterocycles. The number of nitrogens with zero attached hydrogens (tertiary/aromatic N) is 2. The summed E-state index contributed by atoms with van der Waals surface area (Å²) in [5, 5.41) is 7.00. The predicted octanol–water partition coefficient (Wildman–Crippen LogP) is 3.23. The number of guanidine groups is 1. The molecule has 7 rings (SSSR count). The highest BCUT2D eigenvalue weighted by Crippen LogP contribution is 2.82. The number of nitrogens with one attached hydrogen (secondary N) is 2. The fourth-order valence-electron chi connectivity index (χ4n) is 9.89. The van der Waals surface area contributed by atoms with Crippen LogP contribution in [-0.4, -0.2) is 60.9 Å². The van der Waals surface area contributed by atoms with Crippen molar-refractivity contribution in [2.24, 2.45) is 51.5 Å². The average molecular weight is 583 g/mol. The Morgan fingerprint density at radius 3 is 2.37 bits per heavy atom. The fourth-order valence-corrected chi connectivity index (χ4v) is 9.89. The Hall–Kier alpha value is -3.39. The number of nitrogens with two attached hydrogens (primary N) is 2. The van der Waals surface area contributed by atoms with Crippen LogP contribution in [0.1, 0.15) is 62.0 Å². The van der Waals surface area contributed by atoms with Gasteiger partial charge in [-0.15, -0.1) is 0 Å². The van der Waals surface area contributed by atoms with Gasteiger partial charge in [-0.25, -0.2) is 0 Å². The number of aliphatic imine (C=N–C) groups is 1. The number of carbonyl (C=O) groups is 2. The summed E-state index contributed by atoms with van der Waals surface area (Å²) in [7, 11) is 0. The van der Waals surface area contributed by atoms with Crippen LogP contribution in [0.5, 0.6) is 0 Å². The molecule has 2 amide bonds. The zero-order valence-corrected chi connectivity index (χ0v) is 25.0. The monoisotopic (exact) mass is 582 g/mol. The second-order valence-corrected chi connectivity index (χ2v) is 13.9. The van der Waals surface area contributed by atoms with Crippen LogP contribution >= 0.6 is 0 Å². The zero-order valence-electron chi connectivity index (χ0n) is 25.0. The first-order chi connectivity index (χ1) is 20.9. The topological polar surface area (TPSA) is 126 Å². The molecule has 4 aliphatic carbocycles. The maximum absolute atomic E-state index is 14.1. The van der Waals surface area contributed by atoms with Crippen LogP contribution in [0.25, 0.3) is 0 Å². The molecule has 1 spiro atoms. The molecule has 1 heterocycles. The van der Waals surface area contributed by atoms with Gasteiger partial charge < -0.3 is 27.0 Å². The van der Waals surface area contributed by atoms with Gasteiger partial charge in [0, 0.05) is 44.1 Å². The second-order valence-electron chi connectivity index (χ2n) is 13.9. The molecule has 5 aliphatic rings. The average Bonchev–Trinajstić information content (AvgIpc) is 3.47. The summed E-state index contributed by atoms with van der Waals surface area (Å²) in [6.45, 7) is 2.29. The number of carbonyl (C=O) groups excluding carboxylic acids is 2. The summed E-state index contributed by atoms with van der Waals surface area (Å²) in [5.74, 6) is 3.71. The SMILES string of the molecule is NC(N)=NCCC[C@@H]1N[C@H](CNC(=O)C2C3CC4CC5C[C@@H]2CC453)CCN(CC(c2ccccc2)c2ccccc2)C1=O. The van der Waals surface area contributed by atoms with Gasteiger partial charge in [0.25, 0.3) is 0 Å². The molecule has 8 atom stereocenters. The lowest BCUT2D eigenvalue weighted by atomic mass is 9.37. The molecule has 4 saturated carbocycles. The molecule has 2 aromatic rings. The maximum atomic E-state index is 14.1. The Labute approximate surface area is 255 Å². The maximum Gasteiger partial charge on any atom is 0.239 e. The highest BCUT2D eigenvalue weighted by molar-refractivity contribution is 5.83. The third kappa shape index (κ3) is 5.11. The Bertz CT molecular complexity index is 1310. The minimum absolute atomic E-state index is 0.0280. The molecular formula is C35H46N6O2. The first-order valence-electron chi connectivity index (χ1n) is 16.4. The van der Waals surface area contributed by atoms with E-state index in [1.807, 2.05) is 17.0 Å². The van der Waals surface area contributed by atoms with Crippen LogP contribution in [-0.2, 0) is 9.59 Å². The number of benzene rings is 2. The lowest BCUT2D eigenvalue weighted by Gasteiger charge is -2.67. The van der Waals surface area contributed by atoms with Crippen molar-refractivity contribution >= 4 is 17.8 Å².